The zero-order valence-corrected chi connectivity index (χ0v) is 14.7. The number of methoxy groups -OCH3 is 1. The minimum Gasteiger partial charge on any atom is -0.383 e. The van der Waals surface area contributed by atoms with Gasteiger partial charge in [0.15, 0.2) is 0 Å². The molecular formula is C20H23NO2S. The van der Waals surface area contributed by atoms with Crippen LogP contribution in [0.4, 0.5) is 0 Å². The van der Waals surface area contributed by atoms with Crippen LogP contribution in [0.5, 0.6) is 0 Å². The lowest BCUT2D eigenvalue weighted by molar-refractivity contribution is -0.122. The molecule has 4 heteroatoms. The highest BCUT2D eigenvalue weighted by Crippen LogP contribution is 2.51. The van der Waals surface area contributed by atoms with Crippen LogP contribution in [0.15, 0.2) is 65.6 Å². The maximum atomic E-state index is 12.8. The summed E-state index contributed by atoms with van der Waals surface area (Å²) in [6, 6.07) is 20.4. The molecule has 24 heavy (non-hydrogen) atoms. The fourth-order valence-corrected chi connectivity index (χ4v) is 3.97. The van der Waals surface area contributed by atoms with Crippen LogP contribution in [0, 0.1) is 0 Å². The van der Waals surface area contributed by atoms with E-state index in [2.05, 4.69) is 29.6 Å². The number of hydrogen-bond donors (Lipinski definition) is 1. The minimum atomic E-state index is -0.302. The second-order valence-electron chi connectivity index (χ2n) is 6.22. The quantitative estimate of drug-likeness (QED) is 0.796. The van der Waals surface area contributed by atoms with Crippen LogP contribution in [0.25, 0.3) is 0 Å². The van der Waals surface area contributed by atoms with Crippen LogP contribution in [-0.4, -0.2) is 30.4 Å². The summed E-state index contributed by atoms with van der Waals surface area (Å²) >= 11 is 1.68. The molecule has 0 aromatic heterocycles. The molecular weight excluding hydrogens is 318 g/mol. The molecule has 1 amide bonds. The number of rotatable bonds is 8. The molecule has 0 heterocycles. The van der Waals surface area contributed by atoms with Gasteiger partial charge in [-0.05, 0) is 37.0 Å². The number of carbonyl (C=O) groups excluding carboxylic acids is 1. The smallest absolute Gasteiger partial charge is 0.236 e. The summed E-state index contributed by atoms with van der Waals surface area (Å²) in [4.78, 5) is 14.0. The second kappa shape index (κ2) is 7.86. The van der Waals surface area contributed by atoms with E-state index < -0.39 is 0 Å². The maximum Gasteiger partial charge on any atom is 0.236 e. The van der Waals surface area contributed by atoms with Crippen molar-refractivity contribution in [3.05, 3.63) is 66.2 Å². The average Bonchev–Trinajstić information content (AvgIpc) is 3.38. The second-order valence-corrected chi connectivity index (χ2v) is 7.68. The van der Waals surface area contributed by atoms with Crippen LogP contribution < -0.4 is 5.32 Å². The van der Waals surface area contributed by atoms with Crippen LogP contribution in [-0.2, 0) is 16.0 Å². The van der Waals surface area contributed by atoms with Crippen molar-refractivity contribution in [1.82, 2.24) is 5.32 Å². The number of carbonyl (C=O) groups is 1. The lowest BCUT2D eigenvalue weighted by Gasteiger charge is -2.22. The van der Waals surface area contributed by atoms with E-state index >= 15 is 0 Å². The van der Waals surface area contributed by atoms with E-state index in [0.717, 1.165) is 24.2 Å². The fourth-order valence-electron chi connectivity index (χ4n) is 2.77. The first-order chi connectivity index (χ1) is 11.7. The Morgan fingerprint density at radius 3 is 2.33 bits per heavy atom. The van der Waals surface area contributed by atoms with Crippen molar-refractivity contribution < 1.29 is 9.53 Å². The predicted molar refractivity (Wildman–Crippen MR) is 98.2 cm³/mol. The van der Waals surface area contributed by atoms with E-state index in [1.54, 1.807) is 18.9 Å². The molecule has 3 nitrogen and oxygen atoms in total. The summed E-state index contributed by atoms with van der Waals surface area (Å²) in [6.45, 7) is 0.521. The molecule has 1 aliphatic rings. The van der Waals surface area contributed by atoms with Gasteiger partial charge in [0, 0.05) is 12.0 Å². The van der Waals surface area contributed by atoms with Crippen molar-refractivity contribution >= 4 is 17.7 Å². The van der Waals surface area contributed by atoms with Crippen LogP contribution in [0.2, 0.25) is 0 Å². The first-order valence-electron chi connectivity index (χ1n) is 8.30. The molecule has 0 saturated heterocycles. The van der Waals surface area contributed by atoms with Gasteiger partial charge in [-0.3, -0.25) is 4.79 Å². The lowest BCUT2D eigenvalue weighted by Crippen LogP contribution is -2.44. The number of thioether (sulfide) groups is 1. The molecule has 0 radical (unpaired) electrons. The van der Waals surface area contributed by atoms with Gasteiger partial charge in [-0.1, -0.05) is 48.5 Å². The van der Waals surface area contributed by atoms with Crippen molar-refractivity contribution in [2.75, 3.05) is 13.7 Å². The monoisotopic (exact) mass is 341 g/mol. The van der Waals surface area contributed by atoms with Gasteiger partial charge in [-0.15, -0.1) is 11.8 Å². The van der Waals surface area contributed by atoms with Gasteiger partial charge in [0.05, 0.1) is 17.4 Å². The Labute approximate surface area is 147 Å². The van der Waals surface area contributed by atoms with E-state index in [0.29, 0.717) is 6.61 Å². The molecule has 2 aromatic rings. The Morgan fingerprint density at radius 1 is 1.12 bits per heavy atom. The first-order valence-corrected chi connectivity index (χ1v) is 9.11. The summed E-state index contributed by atoms with van der Waals surface area (Å²) < 4.78 is 5.01. The molecule has 1 fully saturated rings. The van der Waals surface area contributed by atoms with Crippen molar-refractivity contribution in [2.24, 2.45) is 0 Å². The molecule has 1 N–H and O–H groups in total. The molecule has 1 saturated carbocycles. The molecule has 3 rings (SSSR count). The van der Waals surface area contributed by atoms with E-state index in [1.807, 2.05) is 36.4 Å². The van der Waals surface area contributed by atoms with Gasteiger partial charge in [-0.25, -0.2) is 0 Å². The minimum absolute atomic E-state index is 0.00116. The van der Waals surface area contributed by atoms with Crippen molar-refractivity contribution in [3.63, 3.8) is 0 Å². The Balaban J connectivity index is 1.62. The van der Waals surface area contributed by atoms with Crippen LogP contribution in [0.3, 0.4) is 0 Å². The molecule has 0 spiro atoms. The third-order valence-corrected chi connectivity index (χ3v) is 5.69. The number of nitrogens with one attached hydrogen (secondary N) is 1. The zero-order chi connectivity index (χ0) is 16.8. The topological polar surface area (TPSA) is 38.3 Å². The summed E-state index contributed by atoms with van der Waals surface area (Å²) in [6.07, 6.45) is 2.65. The van der Waals surface area contributed by atoms with Gasteiger partial charge in [0.1, 0.15) is 0 Å². The van der Waals surface area contributed by atoms with Crippen molar-refractivity contribution in [3.8, 4) is 0 Å². The summed E-state index contributed by atoms with van der Waals surface area (Å²) in [7, 11) is 1.68. The van der Waals surface area contributed by atoms with Crippen molar-refractivity contribution in [1.29, 1.82) is 0 Å². The van der Waals surface area contributed by atoms with Crippen molar-refractivity contribution in [2.45, 2.75) is 34.9 Å². The van der Waals surface area contributed by atoms with Crippen LogP contribution in [0.1, 0.15) is 18.4 Å². The SMILES string of the molecule is COC[C@H](Cc1ccccc1)NC(=O)C1(Sc2ccccc2)CC1. The summed E-state index contributed by atoms with van der Waals surface area (Å²) in [5, 5.41) is 3.20. The summed E-state index contributed by atoms with van der Waals surface area (Å²) in [5.74, 6) is 0.134. The molecule has 2 aromatic carbocycles. The molecule has 0 unspecified atom stereocenters. The molecule has 1 atom stereocenters. The highest BCUT2D eigenvalue weighted by molar-refractivity contribution is 8.01. The standard InChI is InChI=1S/C20H23NO2S/c1-23-15-17(14-16-8-4-2-5-9-16)21-19(22)20(12-13-20)24-18-10-6-3-7-11-18/h2-11,17H,12-15H2,1H3,(H,21,22)/t17-/m0/s1. The van der Waals surface area contributed by atoms with E-state index in [-0.39, 0.29) is 16.7 Å². The summed E-state index contributed by atoms with van der Waals surface area (Å²) in [5.41, 5.74) is 1.21. The molecule has 0 aliphatic heterocycles. The van der Waals surface area contributed by atoms with Gasteiger partial charge in [0.25, 0.3) is 0 Å². The highest BCUT2D eigenvalue weighted by Gasteiger charge is 2.51. The number of benzene rings is 2. The number of ether oxygens (including phenoxy) is 1. The van der Waals surface area contributed by atoms with E-state index in [4.69, 9.17) is 4.74 Å². The van der Waals surface area contributed by atoms with Crippen LogP contribution >= 0.6 is 11.8 Å². The normalized spacial score (nSPS) is 16.4. The highest BCUT2D eigenvalue weighted by atomic mass is 32.2. The molecule has 126 valence electrons. The Hall–Kier alpha value is -1.78. The van der Waals surface area contributed by atoms with E-state index in [1.165, 1.54) is 5.56 Å². The zero-order valence-electron chi connectivity index (χ0n) is 13.9. The maximum absolute atomic E-state index is 12.8. The Morgan fingerprint density at radius 2 is 1.75 bits per heavy atom. The third-order valence-electron chi connectivity index (χ3n) is 4.20. The predicted octanol–water partition coefficient (Wildman–Crippen LogP) is 3.69. The number of amides is 1. The third kappa shape index (κ3) is 4.40. The van der Waals surface area contributed by atoms with Gasteiger partial charge >= 0.3 is 0 Å². The first kappa shape index (κ1) is 17.1. The fraction of sp³-hybridized carbons (Fsp3) is 0.350. The largest absolute Gasteiger partial charge is 0.383 e. The Bertz CT molecular complexity index is 656. The number of hydrogen-bond acceptors (Lipinski definition) is 3. The molecule has 0 bridgehead atoms. The Kier molecular flexibility index (Phi) is 5.59. The molecule has 1 aliphatic carbocycles. The lowest BCUT2D eigenvalue weighted by atomic mass is 10.1. The van der Waals surface area contributed by atoms with E-state index in [9.17, 15) is 4.79 Å². The average molecular weight is 341 g/mol. The van der Waals surface area contributed by atoms with Gasteiger partial charge < -0.3 is 10.1 Å². The van der Waals surface area contributed by atoms with Gasteiger partial charge in [0.2, 0.25) is 5.91 Å². The van der Waals surface area contributed by atoms with Gasteiger partial charge in [-0.2, -0.15) is 0 Å².